The SMILES string of the molecule is COc1ccc(C)cc1NC(=O)NCC1CCC(Nc2cc(N(C)C)c3ccccc3n2)CC1. The molecule has 0 bridgehead atoms. The van der Waals surface area contributed by atoms with E-state index in [0.717, 1.165) is 48.0 Å². The van der Waals surface area contributed by atoms with Crippen molar-refractivity contribution < 1.29 is 9.53 Å². The number of anilines is 3. The number of carbonyl (C=O) groups excluding carboxylic acids is 1. The molecule has 2 amide bonds. The zero-order valence-electron chi connectivity index (χ0n) is 20.5. The van der Waals surface area contributed by atoms with Crippen LogP contribution in [0.25, 0.3) is 10.9 Å². The van der Waals surface area contributed by atoms with Crippen LogP contribution >= 0.6 is 0 Å². The summed E-state index contributed by atoms with van der Waals surface area (Å²) in [6.45, 7) is 2.66. The molecule has 1 aromatic heterocycles. The zero-order valence-corrected chi connectivity index (χ0v) is 20.5. The molecule has 0 aliphatic heterocycles. The first-order valence-electron chi connectivity index (χ1n) is 12.0. The number of aryl methyl sites for hydroxylation is 1. The fourth-order valence-electron chi connectivity index (χ4n) is 4.64. The van der Waals surface area contributed by atoms with Gasteiger partial charge >= 0.3 is 6.03 Å². The second-order valence-electron chi connectivity index (χ2n) is 9.34. The summed E-state index contributed by atoms with van der Waals surface area (Å²) in [6, 6.07) is 16.3. The number of fused-ring (bicyclic) bond motifs is 1. The van der Waals surface area contributed by atoms with Gasteiger partial charge in [0.15, 0.2) is 0 Å². The summed E-state index contributed by atoms with van der Waals surface area (Å²) in [5.41, 5.74) is 3.93. The van der Waals surface area contributed by atoms with Crippen molar-refractivity contribution in [2.75, 3.05) is 43.3 Å². The molecule has 3 aromatic rings. The molecule has 180 valence electrons. The Bertz CT molecular complexity index is 1140. The summed E-state index contributed by atoms with van der Waals surface area (Å²) in [5.74, 6) is 2.06. The third-order valence-electron chi connectivity index (χ3n) is 6.53. The lowest BCUT2D eigenvalue weighted by molar-refractivity contribution is 0.246. The maximum Gasteiger partial charge on any atom is 0.319 e. The minimum Gasteiger partial charge on any atom is -0.495 e. The minimum absolute atomic E-state index is 0.194. The molecule has 0 unspecified atom stereocenters. The number of aromatic nitrogens is 1. The molecule has 1 aliphatic carbocycles. The van der Waals surface area contributed by atoms with E-state index in [9.17, 15) is 4.79 Å². The number of hydrogen-bond donors (Lipinski definition) is 3. The first kappa shape index (κ1) is 23.7. The van der Waals surface area contributed by atoms with Crippen LogP contribution < -0.4 is 25.6 Å². The van der Waals surface area contributed by atoms with E-state index >= 15 is 0 Å². The Morgan fingerprint density at radius 3 is 2.59 bits per heavy atom. The maximum atomic E-state index is 12.4. The number of nitrogens with one attached hydrogen (secondary N) is 3. The zero-order chi connectivity index (χ0) is 24.1. The number of rotatable bonds is 7. The second kappa shape index (κ2) is 10.6. The molecule has 2 aromatic carbocycles. The van der Waals surface area contributed by atoms with E-state index in [2.05, 4.69) is 59.2 Å². The van der Waals surface area contributed by atoms with Gasteiger partial charge in [-0.1, -0.05) is 24.3 Å². The topological polar surface area (TPSA) is 78.5 Å². The van der Waals surface area contributed by atoms with Crippen molar-refractivity contribution in [3.05, 3.63) is 54.1 Å². The van der Waals surface area contributed by atoms with Crippen molar-refractivity contribution in [2.45, 2.75) is 38.6 Å². The van der Waals surface area contributed by atoms with Crippen molar-refractivity contribution in [1.29, 1.82) is 0 Å². The molecule has 1 saturated carbocycles. The first-order chi connectivity index (χ1) is 16.4. The normalized spacial score (nSPS) is 17.8. The number of urea groups is 1. The molecular formula is C27H35N5O2. The molecule has 3 N–H and O–H groups in total. The van der Waals surface area contributed by atoms with Crippen LogP contribution in [0.1, 0.15) is 31.2 Å². The van der Waals surface area contributed by atoms with Crippen LogP contribution in [0.4, 0.5) is 22.0 Å². The lowest BCUT2D eigenvalue weighted by atomic mass is 9.86. The van der Waals surface area contributed by atoms with Gasteiger partial charge in [-0.05, 0) is 62.3 Å². The van der Waals surface area contributed by atoms with E-state index in [1.54, 1.807) is 7.11 Å². The van der Waals surface area contributed by atoms with Gasteiger partial charge in [-0.3, -0.25) is 0 Å². The van der Waals surface area contributed by atoms with Crippen molar-refractivity contribution >= 4 is 34.1 Å². The van der Waals surface area contributed by atoms with Crippen molar-refractivity contribution in [3.8, 4) is 5.75 Å². The third-order valence-corrected chi connectivity index (χ3v) is 6.53. The van der Waals surface area contributed by atoms with Crippen LogP contribution in [0.3, 0.4) is 0 Å². The molecule has 4 rings (SSSR count). The highest BCUT2D eigenvalue weighted by atomic mass is 16.5. The monoisotopic (exact) mass is 461 g/mol. The fraction of sp³-hybridized carbons (Fsp3) is 0.407. The molecule has 1 fully saturated rings. The summed E-state index contributed by atoms with van der Waals surface area (Å²) >= 11 is 0. The van der Waals surface area contributed by atoms with E-state index in [-0.39, 0.29) is 6.03 Å². The largest absolute Gasteiger partial charge is 0.495 e. The number of pyridine rings is 1. The molecule has 34 heavy (non-hydrogen) atoms. The van der Waals surface area contributed by atoms with Crippen molar-refractivity contribution in [3.63, 3.8) is 0 Å². The van der Waals surface area contributed by atoms with E-state index < -0.39 is 0 Å². The molecule has 0 spiro atoms. The number of para-hydroxylation sites is 1. The molecule has 0 radical (unpaired) electrons. The van der Waals surface area contributed by atoms with Gasteiger partial charge in [0.25, 0.3) is 0 Å². The highest BCUT2D eigenvalue weighted by Crippen LogP contribution is 2.30. The Labute approximate surface area is 201 Å². The average Bonchev–Trinajstić information content (AvgIpc) is 2.83. The van der Waals surface area contributed by atoms with E-state index in [1.807, 2.05) is 31.2 Å². The highest BCUT2D eigenvalue weighted by Gasteiger charge is 2.22. The molecule has 7 heteroatoms. The number of ether oxygens (including phenoxy) is 1. The summed E-state index contributed by atoms with van der Waals surface area (Å²) in [5, 5.41) is 10.8. The molecule has 0 saturated heterocycles. The Morgan fingerprint density at radius 2 is 1.85 bits per heavy atom. The Kier molecular flexibility index (Phi) is 7.40. The van der Waals surface area contributed by atoms with Crippen LogP contribution in [-0.4, -0.2) is 44.8 Å². The lowest BCUT2D eigenvalue weighted by Crippen LogP contribution is -2.36. The van der Waals surface area contributed by atoms with Gasteiger partial charge < -0.3 is 25.6 Å². The maximum absolute atomic E-state index is 12.4. The van der Waals surface area contributed by atoms with E-state index in [4.69, 9.17) is 9.72 Å². The van der Waals surface area contributed by atoms with Gasteiger partial charge in [-0.25, -0.2) is 9.78 Å². The predicted molar refractivity (Wildman–Crippen MR) is 140 cm³/mol. The fourth-order valence-corrected chi connectivity index (χ4v) is 4.64. The summed E-state index contributed by atoms with van der Waals surface area (Å²) < 4.78 is 5.34. The molecule has 7 nitrogen and oxygen atoms in total. The van der Waals surface area contributed by atoms with E-state index in [1.165, 1.54) is 5.69 Å². The van der Waals surface area contributed by atoms with Gasteiger partial charge in [-0.15, -0.1) is 0 Å². The van der Waals surface area contributed by atoms with Crippen LogP contribution in [0.5, 0.6) is 5.75 Å². The minimum atomic E-state index is -0.194. The number of nitrogens with zero attached hydrogens (tertiary/aromatic N) is 2. The standard InChI is InChI=1S/C27H35N5O2/c1-18-9-14-25(34-4)23(15-18)31-27(33)28-17-19-10-12-20(13-11-19)29-26-16-24(32(2)3)21-7-5-6-8-22(21)30-26/h5-9,14-16,19-20H,10-13,17H2,1-4H3,(H,29,30)(H2,28,31,33). The molecular weight excluding hydrogens is 426 g/mol. The number of carbonyl (C=O) groups is 1. The molecule has 0 atom stereocenters. The van der Waals surface area contributed by atoms with Crippen LogP contribution in [-0.2, 0) is 0 Å². The summed E-state index contributed by atoms with van der Waals surface area (Å²) in [7, 11) is 5.73. The van der Waals surface area contributed by atoms with Gasteiger partial charge in [-0.2, -0.15) is 0 Å². The molecule has 1 aliphatic rings. The Morgan fingerprint density at radius 1 is 1.09 bits per heavy atom. The van der Waals surface area contributed by atoms with Crippen molar-refractivity contribution in [2.24, 2.45) is 5.92 Å². The average molecular weight is 462 g/mol. The van der Waals surface area contributed by atoms with Crippen molar-refractivity contribution in [1.82, 2.24) is 10.3 Å². The number of hydrogen-bond acceptors (Lipinski definition) is 5. The second-order valence-corrected chi connectivity index (χ2v) is 9.34. The first-order valence-corrected chi connectivity index (χ1v) is 12.0. The predicted octanol–water partition coefficient (Wildman–Crippen LogP) is 5.41. The van der Waals surface area contributed by atoms with Gasteiger partial charge in [0.05, 0.1) is 18.3 Å². The molecule has 1 heterocycles. The quantitative estimate of drug-likeness (QED) is 0.438. The van der Waals surface area contributed by atoms with Gasteiger partial charge in [0, 0.05) is 43.8 Å². The van der Waals surface area contributed by atoms with Crippen LogP contribution in [0.2, 0.25) is 0 Å². The number of amides is 2. The summed E-state index contributed by atoms with van der Waals surface area (Å²) in [6.07, 6.45) is 4.26. The van der Waals surface area contributed by atoms with Gasteiger partial charge in [0.1, 0.15) is 11.6 Å². The summed E-state index contributed by atoms with van der Waals surface area (Å²) in [4.78, 5) is 19.4. The Balaban J connectivity index is 1.28. The number of methoxy groups -OCH3 is 1. The highest BCUT2D eigenvalue weighted by molar-refractivity contribution is 5.93. The third kappa shape index (κ3) is 5.71. The number of benzene rings is 2. The van der Waals surface area contributed by atoms with E-state index in [0.29, 0.717) is 29.9 Å². The van der Waals surface area contributed by atoms with Gasteiger partial charge in [0.2, 0.25) is 0 Å². The smallest absolute Gasteiger partial charge is 0.319 e. The van der Waals surface area contributed by atoms with Crippen LogP contribution in [0.15, 0.2) is 48.5 Å². The van der Waals surface area contributed by atoms with Crippen LogP contribution in [0, 0.1) is 12.8 Å². The lowest BCUT2D eigenvalue weighted by Gasteiger charge is -2.30. The Hall–Kier alpha value is -3.48.